The van der Waals surface area contributed by atoms with Crippen molar-refractivity contribution >= 4 is 17.9 Å². The summed E-state index contributed by atoms with van der Waals surface area (Å²) in [6.07, 6.45) is 3.24. The van der Waals surface area contributed by atoms with Gasteiger partial charge in [-0.05, 0) is 42.3 Å². The van der Waals surface area contributed by atoms with E-state index in [2.05, 4.69) is 9.73 Å². The summed E-state index contributed by atoms with van der Waals surface area (Å²) in [5.74, 6) is -0.952. The van der Waals surface area contributed by atoms with E-state index in [1.807, 2.05) is 0 Å². The van der Waals surface area contributed by atoms with E-state index in [0.29, 0.717) is 11.1 Å². The molecule has 1 amide bonds. The molecule has 1 atom stereocenters. The number of alkyl halides is 2. The molecule has 1 aliphatic heterocycles. The van der Waals surface area contributed by atoms with Crippen LogP contribution in [-0.4, -0.2) is 30.4 Å². The molecule has 28 heavy (non-hydrogen) atoms. The van der Waals surface area contributed by atoms with Gasteiger partial charge in [-0.25, -0.2) is 9.38 Å². The molecule has 2 aromatic carbocycles. The van der Waals surface area contributed by atoms with E-state index < -0.39 is 23.9 Å². The summed E-state index contributed by atoms with van der Waals surface area (Å²) in [6.45, 7) is -1.22. The molecule has 1 aliphatic rings. The van der Waals surface area contributed by atoms with Crippen LogP contribution in [0, 0.1) is 5.82 Å². The van der Waals surface area contributed by atoms with Crippen molar-refractivity contribution in [1.82, 2.24) is 4.90 Å². The van der Waals surface area contributed by atoms with Gasteiger partial charge >= 0.3 is 6.61 Å². The largest absolute Gasteiger partial charge is 0.435 e. The van der Waals surface area contributed by atoms with Gasteiger partial charge in [-0.1, -0.05) is 30.4 Å². The van der Waals surface area contributed by atoms with Crippen molar-refractivity contribution in [1.29, 1.82) is 0 Å². The van der Waals surface area contributed by atoms with Gasteiger partial charge in [0.25, 0.3) is 5.91 Å². The smallest absolute Gasteiger partial charge is 0.387 e. The van der Waals surface area contributed by atoms with Crippen LogP contribution in [-0.2, 0) is 10.3 Å². The van der Waals surface area contributed by atoms with Crippen LogP contribution < -0.4 is 10.5 Å². The van der Waals surface area contributed by atoms with Gasteiger partial charge in [0, 0.05) is 12.6 Å². The molecule has 2 N–H and O–H groups in total. The monoisotopic (exact) mass is 389 g/mol. The molecule has 0 spiro atoms. The van der Waals surface area contributed by atoms with Gasteiger partial charge in [-0.2, -0.15) is 8.78 Å². The number of carbonyl (C=O) groups excluding carboxylic acids is 1. The molecular formula is C20H18F3N3O2. The summed E-state index contributed by atoms with van der Waals surface area (Å²) in [7, 11) is 1.48. The Kier molecular flexibility index (Phi) is 5.13. The predicted octanol–water partition coefficient (Wildman–Crippen LogP) is 3.49. The molecule has 3 rings (SSSR count). The summed E-state index contributed by atoms with van der Waals surface area (Å²) in [6, 6.07) is 9.78. The Morgan fingerprint density at radius 3 is 2.36 bits per heavy atom. The zero-order valence-electron chi connectivity index (χ0n) is 15.2. The minimum atomic E-state index is -2.96. The first kappa shape index (κ1) is 19.5. The number of carbonyl (C=O) groups is 1. The Morgan fingerprint density at radius 1 is 1.18 bits per heavy atom. The molecule has 2 aromatic rings. The number of ether oxygens (including phenoxy) is 1. The Bertz CT molecular complexity index is 958. The van der Waals surface area contributed by atoms with E-state index in [9.17, 15) is 18.0 Å². The lowest BCUT2D eigenvalue weighted by atomic mass is 9.82. The SMILES string of the molecule is CC=Cc1cc([C@@]2(c3ccc(OC(F)F)cc3)N=C(N)N(C)C2=O)ccc1F. The highest BCUT2D eigenvalue weighted by molar-refractivity contribution is 6.09. The number of nitrogens with zero attached hydrogens (tertiary/aromatic N) is 2. The lowest BCUT2D eigenvalue weighted by Gasteiger charge is -2.26. The summed E-state index contributed by atoms with van der Waals surface area (Å²) in [5, 5.41) is 0. The van der Waals surface area contributed by atoms with E-state index in [4.69, 9.17) is 5.73 Å². The molecule has 0 bridgehead atoms. The number of guanidine groups is 1. The Morgan fingerprint density at radius 2 is 1.82 bits per heavy atom. The number of likely N-dealkylation sites (N-methyl/N-ethyl adjacent to an activating group) is 1. The van der Waals surface area contributed by atoms with Crippen LogP contribution in [0.5, 0.6) is 5.75 Å². The number of rotatable bonds is 5. The van der Waals surface area contributed by atoms with Gasteiger partial charge in [0.2, 0.25) is 0 Å². The summed E-state index contributed by atoms with van der Waals surface area (Å²) >= 11 is 0. The van der Waals surface area contributed by atoms with Crippen molar-refractivity contribution in [2.45, 2.75) is 19.1 Å². The van der Waals surface area contributed by atoms with Gasteiger partial charge in [0.05, 0.1) is 0 Å². The Labute approximate surface area is 159 Å². The normalized spacial score (nSPS) is 19.6. The third-order valence-electron chi connectivity index (χ3n) is 4.50. The predicted molar refractivity (Wildman–Crippen MR) is 99.4 cm³/mol. The van der Waals surface area contributed by atoms with Crippen molar-refractivity contribution < 1.29 is 22.7 Å². The number of hydrogen-bond acceptors (Lipinski definition) is 4. The lowest BCUT2D eigenvalue weighted by molar-refractivity contribution is -0.129. The van der Waals surface area contributed by atoms with Gasteiger partial charge in [-0.3, -0.25) is 9.69 Å². The quantitative estimate of drug-likeness (QED) is 0.851. The summed E-state index contributed by atoms with van der Waals surface area (Å²) in [4.78, 5) is 18.7. The number of halogens is 3. The zero-order valence-corrected chi connectivity index (χ0v) is 15.2. The van der Waals surface area contributed by atoms with Crippen molar-refractivity contribution in [3.8, 4) is 5.75 Å². The number of benzene rings is 2. The van der Waals surface area contributed by atoms with Crippen LogP contribution in [0.2, 0.25) is 0 Å². The molecule has 0 aliphatic carbocycles. The average molecular weight is 389 g/mol. The number of nitrogens with two attached hydrogens (primary N) is 1. The molecule has 0 unspecified atom stereocenters. The molecule has 0 radical (unpaired) electrons. The molecule has 0 saturated heterocycles. The fourth-order valence-electron chi connectivity index (χ4n) is 3.14. The van der Waals surface area contributed by atoms with Crippen LogP contribution in [0.15, 0.2) is 53.5 Å². The standard InChI is InChI=1S/C20H18F3N3O2/c1-3-4-12-11-14(7-10-16(12)21)20(17(27)26(2)19(24)25-20)13-5-8-15(9-6-13)28-18(22)23/h3-11,18H,1-2H3,(H2,24,25)/t20-/m1/s1. The first-order valence-corrected chi connectivity index (χ1v) is 8.41. The first-order chi connectivity index (χ1) is 13.3. The fourth-order valence-corrected chi connectivity index (χ4v) is 3.14. The number of hydrogen-bond donors (Lipinski definition) is 1. The van der Waals surface area contributed by atoms with Gasteiger partial charge in [0.15, 0.2) is 11.5 Å². The third-order valence-corrected chi connectivity index (χ3v) is 4.50. The maximum absolute atomic E-state index is 14.1. The van der Waals surface area contributed by atoms with Gasteiger partial charge < -0.3 is 10.5 Å². The number of amides is 1. The molecule has 5 nitrogen and oxygen atoms in total. The molecule has 146 valence electrons. The van der Waals surface area contributed by atoms with Crippen LogP contribution in [0.3, 0.4) is 0 Å². The Hall–Kier alpha value is -3.29. The third kappa shape index (κ3) is 3.21. The van der Waals surface area contributed by atoms with E-state index in [-0.39, 0.29) is 17.3 Å². The van der Waals surface area contributed by atoms with Gasteiger partial charge in [0.1, 0.15) is 11.6 Å². The lowest BCUT2D eigenvalue weighted by Crippen LogP contribution is -2.41. The minimum absolute atomic E-state index is 0.00480. The van der Waals surface area contributed by atoms with Crippen molar-refractivity contribution in [3.05, 3.63) is 71.0 Å². The average Bonchev–Trinajstić information content (AvgIpc) is 2.89. The minimum Gasteiger partial charge on any atom is -0.435 e. The molecule has 0 fully saturated rings. The number of aliphatic imine (C=N–C) groups is 1. The molecule has 8 heteroatoms. The second-order valence-corrected chi connectivity index (χ2v) is 6.18. The molecular weight excluding hydrogens is 371 g/mol. The van der Waals surface area contributed by atoms with Crippen molar-refractivity contribution in [3.63, 3.8) is 0 Å². The summed E-state index contributed by atoms with van der Waals surface area (Å²) < 4.78 is 43.3. The maximum Gasteiger partial charge on any atom is 0.387 e. The molecule has 0 saturated carbocycles. The fraction of sp³-hybridized carbons (Fsp3) is 0.200. The highest BCUT2D eigenvalue weighted by Crippen LogP contribution is 2.40. The summed E-state index contributed by atoms with van der Waals surface area (Å²) in [5.41, 5.74) is 5.42. The topological polar surface area (TPSA) is 67.9 Å². The molecule has 1 heterocycles. The highest BCUT2D eigenvalue weighted by Gasteiger charge is 2.49. The molecule has 0 aromatic heterocycles. The van der Waals surface area contributed by atoms with Crippen LogP contribution in [0.25, 0.3) is 6.08 Å². The van der Waals surface area contributed by atoms with Crippen molar-refractivity contribution in [2.24, 2.45) is 10.7 Å². The first-order valence-electron chi connectivity index (χ1n) is 8.41. The van der Waals surface area contributed by atoms with E-state index in [1.54, 1.807) is 19.1 Å². The maximum atomic E-state index is 14.1. The Balaban J connectivity index is 2.19. The van der Waals surface area contributed by atoms with Gasteiger partial charge in [-0.15, -0.1) is 0 Å². The van der Waals surface area contributed by atoms with Crippen LogP contribution in [0.1, 0.15) is 23.6 Å². The van der Waals surface area contributed by atoms with E-state index in [1.165, 1.54) is 54.4 Å². The van der Waals surface area contributed by atoms with E-state index >= 15 is 0 Å². The van der Waals surface area contributed by atoms with Crippen molar-refractivity contribution in [2.75, 3.05) is 7.05 Å². The zero-order chi connectivity index (χ0) is 20.5. The van der Waals surface area contributed by atoms with Crippen LogP contribution in [0.4, 0.5) is 13.2 Å². The second-order valence-electron chi connectivity index (χ2n) is 6.18. The van der Waals surface area contributed by atoms with E-state index in [0.717, 1.165) is 0 Å². The highest BCUT2D eigenvalue weighted by atomic mass is 19.3. The number of allylic oxidation sites excluding steroid dienone is 1. The second kappa shape index (κ2) is 7.38. The van der Waals surface area contributed by atoms with Crippen LogP contribution >= 0.6 is 0 Å².